The van der Waals surface area contributed by atoms with E-state index in [1.807, 2.05) is 30.0 Å². The number of aromatic nitrogens is 1. The van der Waals surface area contributed by atoms with Gasteiger partial charge in [0.15, 0.2) is 0 Å². The molecule has 2 aromatic carbocycles. The van der Waals surface area contributed by atoms with Gasteiger partial charge in [0, 0.05) is 65.8 Å². The lowest BCUT2D eigenvalue weighted by Crippen LogP contribution is -2.40. The van der Waals surface area contributed by atoms with E-state index in [9.17, 15) is 14.4 Å². The minimum atomic E-state index is -0.155. The lowest BCUT2D eigenvalue weighted by atomic mass is 10.1. The second-order valence-electron chi connectivity index (χ2n) is 9.02. The molecule has 0 aliphatic rings. The number of ether oxygens (including phenoxy) is 1. The summed E-state index contributed by atoms with van der Waals surface area (Å²) in [6, 6.07) is 12.4. The maximum atomic E-state index is 13.5. The van der Waals surface area contributed by atoms with Crippen molar-refractivity contribution in [1.82, 2.24) is 20.1 Å². The third-order valence-electron chi connectivity index (χ3n) is 6.41. The van der Waals surface area contributed by atoms with Crippen LogP contribution < -0.4 is 15.4 Å². The first kappa shape index (κ1) is 30.9. The van der Waals surface area contributed by atoms with Gasteiger partial charge in [-0.15, -0.1) is 0 Å². The van der Waals surface area contributed by atoms with Crippen LogP contribution in [0.4, 0.5) is 0 Å². The van der Waals surface area contributed by atoms with Crippen LogP contribution in [0, 0.1) is 6.92 Å². The summed E-state index contributed by atoms with van der Waals surface area (Å²) < 4.78 is 7.13. The number of benzene rings is 2. The average Bonchev–Trinajstić information content (AvgIpc) is 3.20. The molecule has 0 fully saturated rings. The number of hydrogen-bond donors (Lipinski definition) is 4. The second-order valence-corrected chi connectivity index (χ2v) is 10.3. The predicted molar refractivity (Wildman–Crippen MR) is 163 cm³/mol. The monoisotopic (exact) mass is 590 g/mol. The van der Waals surface area contributed by atoms with Gasteiger partial charge in [0.25, 0.3) is 5.91 Å². The normalized spacial score (nSPS) is 11.1. The van der Waals surface area contributed by atoms with Gasteiger partial charge < -0.3 is 15.4 Å². The van der Waals surface area contributed by atoms with Crippen LogP contribution in [0.3, 0.4) is 0 Å². The highest BCUT2D eigenvalue weighted by molar-refractivity contribution is 7.80. The minimum absolute atomic E-state index is 0.0957. The van der Waals surface area contributed by atoms with Gasteiger partial charge in [-0.25, -0.2) is 0 Å². The maximum absolute atomic E-state index is 13.5. The molecule has 3 aromatic rings. The van der Waals surface area contributed by atoms with Crippen LogP contribution in [0.1, 0.15) is 28.0 Å². The number of carbonyl (C=O) groups is 3. The summed E-state index contributed by atoms with van der Waals surface area (Å²) in [5.74, 6) is 1.49. The Morgan fingerprint density at radius 2 is 1.69 bits per heavy atom. The summed E-state index contributed by atoms with van der Waals surface area (Å²) >= 11 is 14.4. The Hall–Kier alpha value is -2.66. The van der Waals surface area contributed by atoms with Crippen molar-refractivity contribution in [2.75, 3.05) is 51.3 Å². The van der Waals surface area contributed by atoms with E-state index in [2.05, 4.69) is 35.9 Å². The molecular formula is C28H35ClN4O4S2. The zero-order valence-corrected chi connectivity index (χ0v) is 24.8. The molecule has 39 heavy (non-hydrogen) atoms. The van der Waals surface area contributed by atoms with Gasteiger partial charge in [-0.1, -0.05) is 11.6 Å². The molecule has 0 bridgehead atoms. The molecule has 8 nitrogen and oxygen atoms in total. The van der Waals surface area contributed by atoms with E-state index < -0.39 is 0 Å². The molecule has 0 spiro atoms. The molecule has 0 saturated heterocycles. The number of nitrogens with zero attached hydrogens (tertiary/aromatic N) is 2. The summed E-state index contributed by atoms with van der Waals surface area (Å²) in [7, 11) is 1.60. The number of hydrogen-bond acceptors (Lipinski definition) is 7. The number of halogens is 1. The topological polar surface area (TPSA) is 92.7 Å². The highest BCUT2D eigenvalue weighted by Crippen LogP contribution is 2.30. The van der Waals surface area contributed by atoms with Crippen LogP contribution in [0.25, 0.3) is 10.9 Å². The molecule has 210 valence electrons. The number of carbonyl (C=O) groups excluding carboxylic acids is 3. The summed E-state index contributed by atoms with van der Waals surface area (Å²) in [5, 5.41) is 7.23. The van der Waals surface area contributed by atoms with Gasteiger partial charge in [0.05, 0.1) is 19.2 Å². The third kappa shape index (κ3) is 8.41. The van der Waals surface area contributed by atoms with E-state index in [-0.39, 0.29) is 30.7 Å². The van der Waals surface area contributed by atoms with Crippen molar-refractivity contribution in [3.05, 3.63) is 64.3 Å². The van der Waals surface area contributed by atoms with E-state index in [1.54, 1.807) is 35.9 Å². The molecular weight excluding hydrogens is 556 g/mol. The number of fused-ring (bicyclic) bond motifs is 1. The van der Waals surface area contributed by atoms with Crippen molar-refractivity contribution in [1.29, 1.82) is 0 Å². The Kier molecular flexibility index (Phi) is 12.0. The van der Waals surface area contributed by atoms with Crippen molar-refractivity contribution in [2.45, 2.75) is 19.8 Å². The van der Waals surface area contributed by atoms with E-state index in [4.69, 9.17) is 16.3 Å². The Labute approximate surface area is 245 Å². The quantitative estimate of drug-likeness (QED) is 0.215. The third-order valence-corrected chi connectivity index (χ3v) is 7.08. The molecule has 3 rings (SSSR count). The minimum Gasteiger partial charge on any atom is -0.497 e. The fourth-order valence-electron chi connectivity index (χ4n) is 4.43. The largest absolute Gasteiger partial charge is 0.497 e. The van der Waals surface area contributed by atoms with E-state index in [1.165, 1.54) is 0 Å². The number of rotatable bonds is 14. The SMILES string of the molecule is COc1ccc2c(c1)c(CCNC(=O)CCN(CCS)CC(=O)NCCS)c(C)n2C(=O)c1ccc(Cl)cc1. The summed E-state index contributed by atoms with van der Waals surface area (Å²) in [6.45, 7) is 4.08. The standard InChI is InChI=1S/C28H35ClN4O4S2/c1-19-23(9-11-30-26(34)10-13-32(14-16-39)18-27(35)31-12-15-38)24-17-22(37-2)7-8-25(24)33(19)28(36)20-3-5-21(29)6-4-20/h3-8,17,38-39H,9-16,18H2,1-2H3,(H,30,34)(H,31,35). The first-order valence-corrected chi connectivity index (χ1v) is 14.4. The van der Waals surface area contributed by atoms with Gasteiger partial charge >= 0.3 is 0 Å². The van der Waals surface area contributed by atoms with Gasteiger partial charge in [-0.2, -0.15) is 25.3 Å². The average molecular weight is 591 g/mol. The zero-order chi connectivity index (χ0) is 28.4. The number of thiol groups is 2. The predicted octanol–water partition coefficient (Wildman–Crippen LogP) is 3.63. The Balaban J connectivity index is 1.69. The van der Waals surface area contributed by atoms with Gasteiger partial charge in [0.2, 0.25) is 11.8 Å². The first-order valence-electron chi connectivity index (χ1n) is 12.7. The Bertz CT molecular complexity index is 1300. The summed E-state index contributed by atoms with van der Waals surface area (Å²) in [6.07, 6.45) is 0.797. The van der Waals surface area contributed by atoms with Gasteiger partial charge in [0.1, 0.15) is 5.75 Å². The molecule has 0 unspecified atom stereocenters. The lowest BCUT2D eigenvalue weighted by molar-refractivity contribution is -0.124. The Morgan fingerprint density at radius 1 is 0.974 bits per heavy atom. The molecule has 1 aromatic heterocycles. The molecule has 0 saturated carbocycles. The van der Waals surface area contributed by atoms with E-state index >= 15 is 0 Å². The summed E-state index contributed by atoms with van der Waals surface area (Å²) in [5.41, 5.74) is 3.07. The molecule has 0 atom stereocenters. The van der Waals surface area contributed by atoms with Crippen LogP contribution in [-0.4, -0.2) is 78.5 Å². The van der Waals surface area contributed by atoms with Gasteiger partial charge in [-0.05, 0) is 61.4 Å². The highest BCUT2D eigenvalue weighted by atomic mass is 35.5. The van der Waals surface area contributed by atoms with Crippen molar-refractivity contribution in [3.63, 3.8) is 0 Å². The maximum Gasteiger partial charge on any atom is 0.262 e. The zero-order valence-electron chi connectivity index (χ0n) is 22.2. The second kappa shape index (κ2) is 15.2. The van der Waals surface area contributed by atoms with Crippen LogP contribution in [0.5, 0.6) is 5.75 Å². The molecule has 1 heterocycles. The van der Waals surface area contributed by atoms with Crippen LogP contribution in [0.15, 0.2) is 42.5 Å². The van der Waals surface area contributed by atoms with E-state index in [0.717, 1.165) is 22.2 Å². The fourth-order valence-corrected chi connectivity index (χ4v) is 4.95. The summed E-state index contributed by atoms with van der Waals surface area (Å²) in [4.78, 5) is 40.0. The van der Waals surface area contributed by atoms with Crippen LogP contribution in [0.2, 0.25) is 5.02 Å². The van der Waals surface area contributed by atoms with Crippen LogP contribution in [-0.2, 0) is 16.0 Å². The lowest BCUT2D eigenvalue weighted by Gasteiger charge is -2.20. The van der Waals surface area contributed by atoms with Crippen molar-refractivity contribution >= 4 is 65.5 Å². The van der Waals surface area contributed by atoms with Crippen molar-refractivity contribution < 1.29 is 19.1 Å². The van der Waals surface area contributed by atoms with E-state index in [0.29, 0.717) is 60.4 Å². The fraction of sp³-hybridized carbons (Fsp3) is 0.393. The molecule has 0 aliphatic heterocycles. The molecule has 2 amide bonds. The van der Waals surface area contributed by atoms with Gasteiger partial charge in [-0.3, -0.25) is 23.9 Å². The number of nitrogens with one attached hydrogen (secondary N) is 2. The number of methoxy groups -OCH3 is 1. The molecule has 11 heteroatoms. The number of amides is 2. The van der Waals surface area contributed by atoms with Crippen molar-refractivity contribution in [3.8, 4) is 5.75 Å². The van der Waals surface area contributed by atoms with Crippen LogP contribution >= 0.6 is 36.9 Å². The first-order chi connectivity index (χ1) is 18.8. The smallest absolute Gasteiger partial charge is 0.262 e. The molecule has 0 radical (unpaired) electrons. The van der Waals surface area contributed by atoms with Crippen molar-refractivity contribution in [2.24, 2.45) is 0 Å². The molecule has 2 N–H and O–H groups in total. The molecule has 0 aliphatic carbocycles. The highest BCUT2D eigenvalue weighted by Gasteiger charge is 2.21. The Morgan fingerprint density at radius 3 is 2.36 bits per heavy atom.